The summed E-state index contributed by atoms with van der Waals surface area (Å²) < 4.78 is 0. The first-order valence-electron chi connectivity index (χ1n) is 12.6. The molecule has 4 fully saturated rings. The molecule has 0 aromatic carbocycles. The largest absolute Gasteiger partial charge is 0.332 e. The van der Waals surface area contributed by atoms with Gasteiger partial charge in [0.05, 0.1) is 0 Å². The van der Waals surface area contributed by atoms with Crippen LogP contribution >= 0.6 is 0 Å². The first-order chi connectivity index (χ1) is 15.1. The Morgan fingerprint density at radius 3 is 2.13 bits per heavy atom. The van der Waals surface area contributed by atoms with Crippen molar-refractivity contribution in [2.45, 2.75) is 76.3 Å². The maximum Gasteiger partial charge on any atom is 0.225 e. The van der Waals surface area contributed by atoms with Crippen LogP contribution in [0.15, 0.2) is 12.4 Å². The number of anilines is 1. The van der Waals surface area contributed by atoms with E-state index in [0.29, 0.717) is 29.7 Å². The number of ketones is 1. The van der Waals surface area contributed by atoms with Gasteiger partial charge in [0, 0.05) is 50.0 Å². The maximum atomic E-state index is 11.6. The molecule has 0 spiro atoms. The van der Waals surface area contributed by atoms with Gasteiger partial charge in [0.2, 0.25) is 5.95 Å². The van der Waals surface area contributed by atoms with E-state index in [1.165, 1.54) is 63.7 Å². The van der Waals surface area contributed by atoms with Gasteiger partial charge in [-0.05, 0) is 95.8 Å². The van der Waals surface area contributed by atoms with E-state index in [1.807, 2.05) is 0 Å². The summed E-state index contributed by atoms with van der Waals surface area (Å²) in [6.45, 7) is 7.62. The van der Waals surface area contributed by atoms with Crippen LogP contribution in [-0.4, -0.2) is 77.4 Å². The highest BCUT2D eigenvalue weighted by atomic mass is 16.1. The molecule has 0 N–H and O–H groups in total. The summed E-state index contributed by atoms with van der Waals surface area (Å²) >= 11 is 0. The van der Waals surface area contributed by atoms with Crippen LogP contribution in [0.5, 0.6) is 0 Å². The highest BCUT2D eigenvalue weighted by Gasteiger charge is 2.40. The van der Waals surface area contributed by atoms with Crippen LogP contribution < -0.4 is 4.90 Å². The van der Waals surface area contributed by atoms with E-state index in [2.05, 4.69) is 34.1 Å². The molecule has 5 rings (SSSR count). The van der Waals surface area contributed by atoms with E-state index >= 15 is 0 Å². The fourth-order valence-corrected chi connectivity index (χ4v) is 6.68. The number of piperazine rings is 1. The molecule has 1 aromatic heterocycles. The summed E-state index contributed by atoms with van der Waals surface area (Å²) in [5.41, 5.74) is 1.33. The van der Waals surface area contributed by atoms with E-state index in [-0.39, 0.29) is 0 Å². The Hall–Kier alpha value is -1.53. The number of likely N-dealkylation sites (N-methyl/N-ethyl adjacent to an activating group) is 1. The molecule has 1 saturated carbocycles. The number of hydrogen-bond acceptors (Lipinski definition) is 6. The molecule has 6 nitrogen and oxygen atoms in total. The molecule has 4 aliphatic rings. The molecule has 0 amide bonds. The highest BCUT2D eigenvalue weighted by Crippen LogP contribution is 2.35. The smallest absolute Gasteiger partial charge is 0.225 e. The molecule has 3 saturated heterocycles. The summed E-state index contributed by atoms with van der Waals surface area (Å²) in [5.74, 6) is 3.07. The molecular formula is C25H39N5O. The third-order valence-electron chi connectivity index (χ3n) is 8.55. The summed E-state index contributed by atoms with van der Waals surface area (Å²) in [6.07, 6.45) is 13.9. The van der Waals surface area contributed by atoms with Crippen LogP contribution in [0.1, 0.15) is 69.8 Å². The zero-order valence-corrected chi connectivity index (χ0v) is 19.4. The second-order valence-corrected chi connectivity index (χ2v) is 10.7. The first-order valence-corrected chi connectivity index (χ1v) is 12.6. The lowest BCUT2D eigenvalue weighted by molar-refractivity contribution is -0.121. The van der Waals surface area contributed by atoms with Crippen LogP contribution in [0.2, 0.25) is 0 Å². The fourth-order valence-electron chi connectivity index (χ4n) is 6.68. The SMILES string of the molecule is CC(=O)[C@H]1CC[C@@H](CN2CCC(c3cnc(N4C5CCC4CN(C)C5)nc3)CC2)CC1. The van der Waals surface area contributed by atoms with Gasteiger partial charge >= 0.3 is 0 Å². The molecule has 6 heteroatoms. The number of fused-ring (bicyclic) bond motifs is 2. The number of carbonyl (C=O) groups is 1. The number of piperidine rings is 1. The molecule has 31 heavy (non-hydrogen) atoms. The normalized spacial score (nSPS) is 33.0. The highest BCUT2D eigenvalue weighted by molar-refractivity contribution is 5.78. The Bertz CT molecular complexity index is 738. The second-order valence-electron chi connectivity index (χ2n) is 10.7. The number of likely N-dealkylation sites (tertiary alicyclic amines) is 2. The molecule has 1 aliphatic carbocycles. The van der Waals surface area contributed by atoms with Crippen LogP contribution in [0, 0.1) is 11.8 Å². The van der Waals surface area contributed by atoms with E-state index in [4.69, 9.17) is 9.97 Å². The van der Waals surface area contributed by atoms with Crippen LogP contribution in [-0.2, 0) is 4.79 Å². The first kappa shape index (κ1) is 21.3. The number of aromatic nitrogens is 2. The molecular weight excluding hydrogens is 386 g/mol. The number of rotatable bonds is 5. The maximum absolute atomic E-state index is 11.6. The van der Waals surface area contributed by atoms with E-state index in [0.717, 1.165) is 37.8 Å². The predicted molar refractivity (Wildman–Crippen MR) is 123 cm³/mol. The van der Waals surface area contributed by atoms with Crippen molar-refractivity contribution < 1.29 is 4.79 Å². The quantitative estimate of drug-likeness (QED) is 0.721. The monoisotopic (exact) mass is 425 g/mol. The molecule has 2 bridgehead atoms. The topological polar surface area (TPSA) is 52.6 Å². The summed E-state index contributed by atoms with van der Waals surface area (Å²) in [7, 11) is 2.23. The van der Waals surface area contributed by atoms with Gasteiger partial charge in [-0.3, -0.25) is 4.79 Å². The Morgan fingerprint density at radius 2 is 1.55 bits per heavy atom. The Kier molecular flexibility index (Phi) is 6.29. The van der Waals surface area contributed by atoms with Crippen molar-refractivity contribution in [1.82, 2.24) is 19.8 Å². The van der Waals surface area contributed by atoms with E-state index < -0.39 is 0 Å². The summed E-state index contributed by atoms with van der Waals surface area (Å²) in [6, 6.07) is 1.17. The van der Waals surface area contributed by atoms with Crippen molar-refractivity contribution in [2.24, 2.45) is 11.8 Å². The zero-order valence-electron chi connectivity index (χ0n) is 19.4. The standard InChI is InChI=1S/C25H39N5O/c1-18(31)20-5-3-19(4-6-20)15-29-11-9-21(10-12-29)22-13-26-25(27-14-22)30-23-7-8-24(30)17-28(2)16-23/h13-14,19-21,23-24H,3-12,15-17H2,1-2H3/t19-,20+,23?,24?. The Morgan fingerprint density at radius 1 is 0.935 bits per heavy atom. The number of hydrogen-bond donors (Lipinski definition) is 0. The van der Waals surface area contributed by atoms with Crippen molar-refractivity contribution in [1.29, 1.82) is 0 Å². The third-order valence-corrected chi connectivity index (χ3v) is 8.55. The van der Waals surface area contributed by atoms with Crippen molar-refractivity contribution in [3.05, 3.63) is 18.0 Å². The molecule has 4 heterocycles. The average molecular weight is 426 g/mol. The molecule has 2 atom stereocenters. The molecule has 170 valence electrons. The van der Waals surface area contributed by atoms with Crippen LogP contribution in [0.4, 0.5) is 5.95 Å². The van der Waals surface area contributed by atoms with Crippen molar-refractivity contribution in [3.63, 3.8) is 0 Å². The summed E-state index contributed by atoms with van der Waals surface area (Å²) in [5, 5.41) is 0. The zero-order chi connectivity index (χ0) is 21.4. The number of Topliss-reactive ketones (excluding diaryl/α,β-unsaturated/α-hetero) is 1. The van der Waals surface area contributed by atoms with Gasteiger partial charge in [-0.25, -0.2) is 9.97 Å². The van der Waals surface area contributed by atoms with Crippen molar-refractivity contribution in [3.8, 4) is 0 Å². The van der Waals surface area contributed by atoms with E-state index in [1.54, 1.807) is 6.92 Å². The van der Waals surface area contributed by atoms with Gasteiger partial charge in [-0.15, -0.1) is 0 Å². The van der Waals surface area contributed by atoms with Gasteiger partial charge in [-0.2, -0.15) is 0 Å². The minimum atomic E-state index is 0.339. The molecule has 0 radical (unpaired) electrons. The van der Waals surface area contributed by atoms with Gasteiger partial charge in [0.1, 0.15) is 5.78 Å². The third kappa shape index (κ3) is 4.65. The molecule has 3 aliphatic heterocycles. The lowest BCUT2D eigenvalue weighted by Crippen LogP contribution is -2.53. The minimum absolute atomic E-state index is 0.339. The van der Waals surface area contributed by atoms with Crippen LogP contribution in [0.25, 0.3) is 0 Å². The van der Waals surface area contributed by atoms with Crippen molar-refractivity contribution >= 4 is 11.7 Å². The van der Waals surface area contributed by atoms with Crippen molar-refractivity contribution in [2.75, 3.05) is 44.7 Å². The van der Waals surface area contributed by atoms with Gasteiger partial charge in [0.15, 0.2) is 0 Å². The Balaban J connectivity index is 1.11. The fraction of sp³-hybridized carbons (Fsp3) is 0.800. The Labute approximate surface area is 187 Å². The molecule has 1 aromatic rings. The number of nitrogens with zero attached hydrogens (tertiary/aromatic N) is 5. The van der Waals surface area contributed by atoms with Gasteiger partial charge in [-0.1, -0.05) is 0 Å². The average Bonchev–Trinajstić information content (AvgIpc) is 3.06. The minimum Gasteiger partial charge on any atom is -0.332 e. The lowest BCUT2D eigenvalue weighted by Gasteiger charge is -2.39. The lowest BCUT2D eigenvalue weighted by atomic mass is 9.80. The number of carbonyl (C=O) groups excluding carboxylic acids is 1. The summed E-state index contributed by atoms with van der Waals surface area (Å²) in [4.78, 5) is 28.9. The second kappa shape index (κ2) is 9.14. The van der Waals surface area contributed by atoms with Crippen LogP contribution in [0.3, 0.4) is 0 Å². The van der Waals surface area contributed by atoms with Gasteiger partial charge < -0.3 is 14.7 Å². The predicted octanol–water partition coefficient (Wildman–Crippen LogP) is 3.33. The molecule has 2 unspecified atom stereocenters. The van der Waals surface area contributed by atoms with E-state index in [9.17, 15) is 4.79 Å². The van der Waals surface area contributed by atoms with Gasteiger partial charge in [0.25, 0.3) is 0 Å².